The Morgan fingerprint density at radius 2 is 2.07 bits per heavy atom. The Hall–Kier alpha value is -2.10. The Morgan fingerprint density at radius 1 is 1.27 bits per heavy atom. The lowest BCUT2D eigenvalue weighted by atomic mass is 10.3. The zero-order valence-electron chi connectivity index (χ0n) is 8.25. The van der Waals surface area contributed by atoms with Crippen LogP contribution in [0.5, 0.6) is 5.75 Å². The van der Waals surface area contributed by atoms with E-state index in [4.69, 9.17) is 4.74 Å². The zero-order valence-corrected chi connectivity index (χ0v) is 8.25. The standard InChI is InChI=1S/C11H10N2O2/c1-15-10-5-3-2-4-9(10)13-8-12-7-6-11(13)14/h2-8H,1H3. The summed E-state index contributed by atoms with van der Waals surface area (Å²) < 4.78 is 6.61. The van der Waals surface area contributed by atoms with Crippen LogP contribution >= 0.6 is 0 Å². The van der Waals surface area contributed by atoms with E-state index in [1.165, 1.54) is 23.2 Å². The van der Waals surface area contributed by atoms with Crippen LogP contribution in [0, 0.1) is 0 Å². The van der Waals surface area contributed by atoms with Crippen LogP contribution < -0.4 is 10.3 Å². The minimum absolute atomic E-state index is 0.130. The summed E-state index contributed by atoms with van der Waals surface area (Å²) in [5, 5.41) is 0. The maximum absolute atomic E-state index is 11.6. The molecule has 0 saturated heterocycles. The van der Waals surface area contributed by atoms with Crippen LogP contribution in [-0.2, 0) is 0 Å². The summed E-state index contributed by atoms with van der Waals surface area (Å²) >= 11 is 0. The van der Waals surface area contributed by atoms with E-state index in [9.17, 15) is 4.79 Å². The number of hydrogen-bond donors (Lipinski definition) is 0. The number of benzene rings is 1. The van der Waals surface area contributed by atoms with E-state index in [1.807, 2.05) is 18.2 Å². The van der Waals surface area contributed by atoms with Gasteiger partial charge in [0.2, 0.25) is 0 Å². The van der Waals surface area contributed by atoms with Gasteiger partial charge < -0.3 is 4.74 Å². The lowest BCUT2D eigenvalue weighted by Crippen LogP contribution is -2.17. The van der Waals surface area contributed by atoms with Gasteiger partial charge in [0.15, 0.2) is 0 Å². The van der Waals surface area contributed by atoms with E-state index < -0.39 is 0 Å². The van der Waals surface area contributed by atoms with Gasteiger partial charge in [0, 0.05) is 12.3 Å². The van der Waals surface area contributed by atoms with Crippen molar-refractivity contribution in [3.8, 4) is 11.4 Å². The minimum atomic E-state index is -0.130. The summed E-state index contributed by atoms with van der Waals surface area (Å²) in [6.45, 7) is 0. The average Bonchev–Trinajstić information content (AvgIpc) is 2.30. The van der Waals surface area contributed by atoms with Gasteiger partial charge in [-0.05, 0) is 12.1 Å². The van der Waals surface area contributed by atoms with Gasteiger partial charge in [-0.15, -0.1) is 0 Å². The Balaban J connectivity index is 2.64. The molecular formula is C11H10N2O2. The molecule has 1 heterocycles. The molecule has 0 N–H and O–H groups in total. The van der Waals surface area contributed by atoms with Crippen LogP contribution in [0.2, 0.25) is 0 Å². The second-order valence-corrected chi connectivity index (χ2v) is 2.96. The predicted octanol–water partition coefficient (Wildman–Crippen LogP) is 1.24. The van der Waals surface area contributed by atoms with Gasteiger partial charge in [-0.2, -0.15) is 0 Å². The van der Waals surface area contributed by atoms with Gasteiger partial charge in [-0.3, -0.25) is 9.36 Å². The van der Waals surface area contributed by atoms with Gasteiger partial charge in [0.25, 0.3) is 5.56 Å². The predicted molar refractivity (Wildman–Crippen MR) is 56.4 cm³/mol. The minimum Gasteiger partial charge on any atom is -0.495 e. The SMILES string of the molecule is COc1ccccc1-n1cnccc1=O. The fourth-order valence-electron chi connectivity index (χ4n) is 1.36. The Morgan fingerprint density at radius 3 is 2.80 bits per heavy atom. The lowest BCUT2D eigenvalue weighted by Gasteiger charge is -2.08. The van der Waals surface area contributed by atoms with E-state index in [-0.39, 0.29) is 5.56 Å². The lowest BCUT2D eigenvalue weighted by molar-refractivity contribution is 0.412. The number of aromatic nitrogens is 2. The van der Waals surface area contributed by atoms with Gasteiger partial charge in [0.1, 0.15) is 12.1 Å². The molecule has 0 unspecified atom stereocenters. The van der Waals surface area contributed by atoms with E-state index >= 15 is 0 Å². The van der Waals surface area contributed by atoms with Crippen LogP contribution in [0.25, 0.3) is 5.69 Å². The first-order valence-corrected chi connectivity index (χ1v) is 4.49. The highest BCUT2D eigenvalue weighted by molar-refractivity contribution is 5.46. The molecular weight excluding hydrogens is 192 g/mol. The van der Waals surface area contributed by atoms with E-state index in [0.29, 0.717) is 11.4 Å². The van der Waals surface area contributed by atoms with E-state index in [1.54, 1.807) is 13.2 Å². The topological polar surface area (TPSA) is 44.1 Å². The van der Waals surface area contributed by atoms with E-state index in [2.05, 4.69) is 4.98 Å². The van der Waals surface area contributed by atoms with Crippen molar-refractivity contribution in [2.75, 3.05) is 7.11 Å². The van der Waals surface area contributed by atoms with Crippen molar-refractivity contribution in [2.45, 2.75) is 0 Å². The smallest absolute Gasteiger partial charge is 0.257 e. The number of nitrogens with zero attached hydrogens (tertiary/aromatic N) is 2. The summed E-state index contributed by atoms with van der Waals surface area (Å²) in [5.41, 5.74) is 0.563. The fraction of sp³-hybridized carbons (Fsp3) is 0.0909. The van der Waals surface area contributed by atoms with Crippen molar-refractivity contribution < 1.29 is 4.74 Å². The Labute approximate surface area is 86.8 Å². The molecule has 0 radical (unpaired) electrons. The van der Waals surface area contributed by atoms with E-state index in [0.717, 1.165) is 0 Å². The van der Waals surface area contributed by atoms with Crippen molar-refractivity contribution in [1.82, 2.24) is 9.55 Å². The van der Waals surface area contributed by atoms with Crippen LogP contribution in [0.4, 0.5) is 0 Å². The highest BCUT2D eigenvalue weighted by atomic mass is 16.5. The quantitative estimate of drug-likeness (QED) is 0.736. The molecule has 2 aromatic rings. The number of methoxy groups -OCH3 is 1. The second-order valence-electron chi connectivity index (χ2n) is 2.96. The molecule has 2 rings (SSSR count). The first kappa shape index (κ1) is 9.45. The summed E-state index contributed by atoms with van der Waals surface area (Å²) in [4.78, 5) is 15.5. The maximum Gasteiger partial charge on any atom is 0.257 e. The first-order valence-electron chi connectivity index (χ1n) is 4.49. The van der Waals surface area contributed by atoms with Crippen LogP contribution in [0.3, 0.4) is 0 Å². The number of rotatable bonds is 2. The Bertz CT molecular complexity index is 520. The molecule has 0 bridgehead atoms. The normalized spacial score (nSPS) is 9.93. The molecule has 0 saturated carbocycles. The van der Waals surface area contributed by atoms with Crippen molar-refractivity contribution in [1.29, 1.82) is 0 Å². The van der Waals surface area contributed by atoms with Gasteiger partial charge in [0.05, 0.1) is 12.8 Å². The maximum atomic E-state index is 11.6. The molecule has 0 amide bonds. The number of para-hydroxylation sites is 2. The molecule has 0 fully saturated rings. The van der Waals surface area contributed by atoms with Crippen molar-refractivity contribution in [3.63, 3.8) is 0 Å². The monoisotopic (exact) mass is 202 g/mol. The fourth-order valence-corrected chi connectivity index (χ4v) is 1.36. The third-order valence-corrected chi connectivity index (χ3v) is 2.07. The average molecular weight is 202 g/mol. The van der Waals surface area contributed by atoms with Crippen LogP contribution in [-0.4, -0.2) is 16.7 Å². The molecule has 0 atom stereocenters. The second kappa shape index (κ2) is 3.96. The van der Waals surface area contributed by atoms with Crippen molar-refractivity contribution in [3.05, 3.63) is 53.2 Å². The van der Waals surface area contributed by atoms with Gasteiger partial charge in [-0.25, -0.2) is 4.98 Å². The molecule has 0 aliphatic heterocycles. The van der Waals surface area contributed by atoms with Crippen molar-refractivity contribution in [2.24, 2.45) is 0 Å². The van der Waals surface area contributed by atoms with Crippen molar-refractivity contribution >= 4 is 0 Å². The summed E-state index contributed by atoms with van der Waals surface area (Å²) in [6.07, 6.45) is 2.94. The summed E-state index contributed by atoms with van der Waals surface area (Å²) in [5.74, 6) is 0.646. The molecule has 0 aliphatic carbocycles. The zero-order chi connectivity index (χ0) is 10.7. The first-order chi connectivity index (χ1) is 7.33. The number of hydrogen-bond acceptors (Lipinski definition) is 3. The molecule has 76 valence electrons. The summed E-state index contributed by atoms with van der Waals surface area (Å²) in [7, 11) is 1.57. The molecule has 0 aliphatic rings. The van der Waals surface area contributed by atoms with Crippen LogP contribution in [0.15, 0.2) is 47.7 Å². The third kappa shape index (κ3) is 1.74. The molecule has 15 heavy (non-hydrogen) atoms. The molecule has 1 aromatic heterocycles. The molecule has 1 aromatic carbocycles. The van der Waals surface area contributed by atoms with Gasteiger partial charge in [-0.1, -0.05) is 12.1 Å². The van der Waals surface area contributed by atoms with Crippen LogP contribution in [0.1, 0.15) is 0 Å². The molecule has 4 nitrogen and oxygen atoms in total. The largest absolute Gasteiger partial charge is 0.495 e. The number of ether oxygens (including phenoxy) is 1. The molecule has 0 spiro atoms. The Kier molecular flexibility index (Phi) is 2.49. The highest BCUT2D eigenvalue weighted by Crippen LogP contribution is 2.19. The highest BCUT2D eigenvalue weighted by Gasteiger charge is 2.04. The third-order valence-electron chi connectivity index (χ3n) is 2.07. The summed E-state index contributed by atoms with van der Waals surface area (Å²) in [6, 6.07) is 8.71. The molecule has 4 heteroatoms. The van der Waals surface area contributed by atoms with Gasteiger partial charge >= 0.3 is 0 Å².